The smallest absolute Gasteiger partial charge is 0.0697 e. The van der Waals surface area contributed by atoms with Crippen LogP contribution in [0.5, 0.6) is 0 Å². The van der Waals surface area contributed by atoms with Gasteiger partial charge in [-0.25, -0.2) is 0 Å². The van der Waals surface area contributed by atoms with Crippen LogP contribution in [0.15, 0.2) is 0 Å². The topological polar surface area (TPSA) is 21.3 Å². The van der Waals surface area contributed by atoms with Gasteiger partial charge in [-0.2, -0.15) is 0 Å². The van der Waals surface area contributed by atoms with Gasteiger partial charge in [0.2, 0.25) is 0 Å². The third-order valence-electron chi connectivity index (χ3n) is 6.38. The van der Waals surface area contributed by atoms with Gasteiger partial charge in [-0.15, -0.1) is 0 Å². The van der Waals surface area contributed by atoms with E-state index in [1.807, 2.05) is 0 Å². The molecule has 21 heavy (non-hydrogen) atoms. The Morgan fingerprint density at radius 3 is 2.52 bits per heavy atom. The van der Waals surface area contributed by atoms with Crippen molar-refractivity contribution < 1.29 is 4.74 Å². The lowest BCUT2D eigenvalue weighted by atomic mass is 9.78. The van der Waals surface area contributed by atoms with Crippen molar-refractivity contribution in [3.8, 4) is 0 Å². The van der Waals surface area contributed by atoms with Crippen LogP contribution in [0.1, 0.15) is 84.0 Å². The van der Waals surface area contributed by atoms with Crippen LogP contribution in [0.3, 0.4) is 0 Å². The molecule has 1 saturated heterocycles. The molecule has 2 heteroatoms. The molecule has 1 aliphatic heterocycles. The van der Waals surface area contributed by atoms with Gasteiger partial charge in [0, 0.05) is 12.6 Å². The summed E-state index contributed by atoms with van der Waals surface area (Å²) in [5.74, 6) is 1.98. The van der Waals surface area contributed by atoms with E-state index in [0.29, 0.717) is 0 Å². The van der Waals surface area contributed by atoms with Crippen molar-refractivity contribution in [2.24, 2.45) is 11.8 Å². The van der Waals surface area contributed by atoms with Gasteiger partial charge in [-0.05, 0) is 50.5 Å². The van der Waals surface area contributed by atoms with Crippen LogP contribution in [0.4, 0.5) is 0 Å². The van der Waals surface area contributed by atoms with E-state index in [0.717, 1.165) is 24.5 Å². The molecule has 3 rings (SSSR count). The fourth-order valence-electron chi connectivity index (χ4n) is 4.86. The van der Waals surface area contributed by atoms with E-state index in [9.17, 15) is 0 Å². The highest BCUT2D eigenvalue weighted by molar-refractivity contribution is 4.92. The summed E-state index contributed by atoms with van der Waals surface area (Å²) < 4.78 is 6.20. The summed E-state index contributed by atoms with van der Waals surface area (Å²) in [6.45, 7) is 4.64. The predicted octanol–water partition coefficient (Wildman–Crippen LogP) is 4.67. The molecule has 0 aromatic carbocycles. The van der Waals surface area contributed by atoms with E-state index < -0.39 is 0 Å². The van der Waals surface area contributed by atoms with E-state index in [1.54, 1.807) is 0 Å². The highest BCUT2D eigenvalue weighted by Crippen LogP contribution is 2.38. The second-order valence-corrected chi connectivity index (χ2v) is 8.15. The maximum atomic E-state index is 6.20. The van der Waals surface area contributed by atoms with Gasteiger partial charge in [0.1, 0.15) is 0 Å². The van der Waals surface area contributed by atoms with Crippen LogP contribution in [0.2, 0.25) is 0 Å². The van der Waals surface area contributed by atoms with Crippen molar-refractivity contribution >= 4 is 0 Å². The minimum atomic E-state index is 0.258. The van der Waals surface area contributed by atoms with Crippen molar-refractivity contribution in [3.05, 3.63) is 0 Å². The van der Waals surface area contributed by atoms with Crippen LogP contribution in [0.25, 0.3) is 0 Å². The molecule has 1 atom stereocenters. The van der Waals surface area contributed by atoms with Crippen LogP contribution in [-0.4, -0.2) is 24.8 Å². The zero-order valence-electron chi connectivity index (χ0n) is 14.0. The standard InChI is InChI=1S/C19H35NO/c1-16-5-7-17(8-6-16)9-13-20-18-10-14-21-19(15-18)11-3-2-4-12-19/h16-18,20H,2-15H2,1H3. The molecule has 0 amide bonds. The van der Waals surface area contributed by atoms with Crippen LogP contribution in [-0.2, 0) is 4.74 Å². The lowest BCUT2D eigenvalue weighted by Gasteiger charge is -2.44. The van der Waals surface area contributed by atoms with Crippen molar-refractivity contribution in [3.63, 3.8) is 0 Å². The average Bonchev–Trinajstić information content (AvgIpc) is 2.50. The van der Waals surface area contributed by atoms with Gasteiger partial charge in [-0.1, -0.05) is 51.9 Å². The summed E-state index contributed by atoms with van der Waals surface area (Å²) in [4.78, 5) is 0. The summed E-state index contributed by atoms with van der Waals surface area (Å²) in [6.07, 6.45) is 16.6. The van der Waals surface area contributed by atoms with Gasteiger partial charge in [0.15, 0.2) is 0 Å². The third kappa shape index (κ3) is 4.45. The molecule has 2 nitrogen and oxygen atoms in total. The maximum absolute atomic E-state index is 6.20. The number of nitrogens with one attached hydrogen (secondary N) is 1. The van der Waals surface area contributed by atoms with Gasteiger partial charge >= 0.3 is 0 Å². The third-order valence-corrected chi connectivity index (χ3v) is 6.38. The van der Waals surface area contributed by atoms with Crippen LogP contribution in [0, 0.1) is 11.8 Å². The zero-order valence-corrected chi connectivity index (χ0v) is 14.0. The van der Waals surface area contributed by atoms with Crippen LogP contribution >= 0.6 is 0 Å². The van der Waals surface area contributed by atoms with Gasteiger partial charge < -0.3 is 10.1 Å². The molecular weight excluding hydrogens is 258 g/mol. The molecule has 0 aromatic heterocycles. The summed E-state index contributed by atoms with van der Waals surface area (Å²) in [5.41, 5.74) is 0.258. The Bertz CT molecular complexity index is 297. The first-order valence-electron chi connectivity index (χ1n) is 9.63. The van der Waals surface area contributed by atoms with Crippen molar-refractivity contribution in [2.75, 3.05) is 13.2 Å². The van der Waals surface area contributed by atoms with Gasteiger partial charge in [0.25, 0.3) is 0 Å². The molecular formula is C19H35NO. The number of hydrogen-bond donors (Lipinski definition) is 1. The molecule has 1 spiro atoms. The van der Waals surface area contributed by atoms with Crippen LogP contribution < -0.4 is 5.32 Å². The molecule has 0 radical (unpaired) electrons. The first-order valence-corrected chi connectivity index (χ1v) is 9.63. The molecule has 1 N–H and O–H groups in total. The molecule has 122 valence electrons. The van der Waals surface area contributed by atoms with E-state index in [4.69, 9.17) is 4.74 Å². The van der Waals surface area contributed by atoms with E-state index in [2.05, 4.69) is 12.2 Å². The van der Waals surface area contributed by atoms with E-state index >= 15 is 0 Å². The largest absolute Gasteiger partial charge is 0.375 e. The fourth-order valence-corrected chi connectivity index (χ4v) is 4.86. The maximum Gasteiger partial charge on any atom is 0.0697 e. The summed E-state index contributed by atoms with van der Waals surface area (Å²) >= 11 is 0. The average molecular weight is 293 g/mol. The normalized spacial score (nSPS) is 36.7. The molecule has 1 unspecified atom stereocenters. The SMILES string of the molecule is CC1CCC(CCNC2CCOC3(CCCCC3)C2)CC1. The lowest BCUT2D eigenvalue weighted by Crippen LogP contribution is -2.48. The molecule has 2 aliphatic carbocycles. The molecule has 1 heterocycles. The summed E-state index contributed by atoms with van der Waals surface area (Å²) in [7, 11) is 0. The minimum Gasteiger partial charge on any atom is -0.375 e. The Hall–Kier alpha value is -0.0800. The number of hydrogen-bond acceptors (Lipinski definition) is 2. The van der Waals surface area contributed by atoms with Gasteiger partial charge in [0.05, 0.1) is 5.60 Å². The van der Waals surface area contributed by atoms with Gasteiger partial charge in [-0.3, -0.25) is 0 Å². The molecule has 0 bridgehead atoms. The second-order valence-electron chi connectivity index (χ2n) is 8.15. The Balaban J connectivity index is 1.37. The Morgan fingerprint density at radius 1 is 1.00 bits per heavy atom. The highest BCUT2D eigenvalue weighted by atomic mass is 16.5. The Morgan fingerprint density at radius 2 is 1.76 bits per heavy atom. The monoisotopic (exact) mass is 293 g/mol. The first-order chi connectivity index (χ1) is 10.3. The second kappa shape index (κ2) is 7.46. The minimum absolute atomic E-state index is 0.258. The highest BCUT2D eigenvalue weighted by Gasteiger charge is 2.38. The van der Waals surface area contributed by atoms with Crippen molar-refractivity contribution in [1.29, 1.82) is 0 Å². The van der Waals surface area contributed by atoms with Crippen molar-refractivity contribution in [2.45, 2.75) is 95.6 Å². The molecule has 0 aromatic rings. The first kappa shape index (κ1) is 15.8. The molecule has 3 fully saturated rings. The number of ether oxygens (including phenoxy) is 1. The quantitative estimate of drug-likeness (QED) is 0.813. The summed E-state index contributed by atoms with van der Waals surface area (Å²) in [6, 6.07) is 0.722. The Labute approximate surface area is 131 Å². The number of rotatable bonds is 4. The van der Waals surface area contributed by atoms with E-state index in [-0.39, 0.29) is 5.60 Å². The lowest BCUT2D eigenvalue weighted by molar-refractivity contribution is -0.109. The zero-order chi connectivity index (χ0) is 14.5. The van der Waals surface area contributed by atoms with E-state index in [1.165, 1.54) is 83.6 Å². The Kier molecular flexibility index (Phi) is 5.61. The fraction of sp³-hybridized carbons (Fsp3) is 1.00. The molecule has 3 aliphatic rings. The molecule has 2 saturated carbocycles. The van der Waals surface area contributed by atoms with Crippen molar-refractivity contribution in [1.82, 2.24) is 5.32 Å². The predicted molar refractivity (Wildman–Crippen MR) is 88.5 cm³/mol. The summed E-state index contributed by atoms with van der Waals surface area (Å²) in [5, 5.41) is 3.87.